The molecule has 1 unspecified atom stereocenters. The SMILES string of the molecule is CCNC(=NCc1ccc(C)cc1OC)NCC(C)N(CC)CC.I. The number of methoxy groups -OCH3 is 1. The summed E-state index contributed by atoms with van der Waals surface area (Å²) in [5.41, 5.74) is 2.29. The molecule has 2 N–H and O–H groups in total. The van der Waals surface area contributed by atoms with E-state index in [4.69, 9.17) is 9.73 Å². The number of halogens is 1. The number of aryl methyl sites for hydroxylation is 1. The Balaban J connectivity index is 0.00000576. The van der Waals surface area contributed by atoms with Gasteiger partial charge in [-0.15, -0.1) is 24.0 Å². The number of hydrogen-bond donors (Lipinski definition) is 2. The summed E-state index contributed by atoms with van der Waals surface area (Å²) < 4.78 is 5.46. The van der Waals surface area contributed by atoms with Crippen molar-refractivity contribution in [1.29, 1.82) is 0 Å². The van der Waals surface area contributed by atoms with Crippen LogP contribution < -0.4 is 15.4 Å². The second-order valence-corrected chi connectivity index (χ2v) is 5.96. The summed E-state index contributed by atoms with van der Waals surface area (Å²) in [5.74, 6) is 1.74. The fourth-order valence-electron chi connectivity index (χ4n) is 2.71. The Kier molecular flexibility index (Phi) is 12.7. The third kappa shape index (κ3) is 8.27. The van der Waals surface area contributed by atoms with Gasteiger partial charge in [0.05, 0.1) is 13.7 Å². The van der Waals surface area contributed by atoms with Crippen LogP contribution in [0.4, 0.5) is 0 Å². The van der Waals surface area contributed by atoms with Gasteiger partial charge in [0.1, 0.15) is 5.75 Å². The van der Waals surface area contributed by atoms with E-state index in [1.807, 2.05) is 6.07 Å². The van der Waals surface area contributed by atoms with Crippen LogP contribution in [0.1, 0.15) is 38.8 Å². The second kappa shape index (κ2) is 13.2. The van der Waals surface area contributed by atoms with E-state index >= 15 is 0 Å². The number of benzene rings is 1. The van der Waals surface area contributed by atoms with E-state index in [2.05, 4.69) is 62.3 Å². The van der Waals surface area contributed by atoms with Crippen molar-refractivity contribution in [3.63, 3.8) is 0 Å². The van der Waals surface area contributed by atoms with Gasteiger partial charge in [-0.05, 0) is 45.5 Å². The first-order chi connectivity index (χ1) is 11.5. The molecule has 0 fully saturated rings. The zero-order valence-corrected chi connectivity index (χ0v) is 18.9. The third-order valence-corrected chi connectivity index (χ3v) is 4.19. The van der Waals surface area contributed by atoms with E-state index in [1.54, 1.807) is 7.11 Å². The van der Waals surface area contributed by atoms with Gasteiger partial charge in [-0.2, -0.15) is 0 Å². The number of rotatable bonds is 9. The zero-order valence-electron chi connectivity index (χ0n) is 16.6. The van der Waals surface area contributed by atoms with Crippen LogP contribution in [-0.4, -0.2) is 50.2 Å². The summed E-state index contributed by atoms with van der Waals surface area (Å²) in [6.45, 7) is 15.2. The van der Waals surface area contributed by atoms with Crippen molar-refractivity contribution in [2.45, 2.75) is 47.2 Å². The summed E-state index contributed by atoms with van der Waals surface area (Å²) in [5, 5.41) is 6.76. The van der Waals surface area contributed by atoms with Crippen molar-refractivity contribution in [1.82, 2.24) is 15.5 Å². The molecular formula is C19H35IN4O. The Labute approximate surface area is 170 Å². The van der Waals surface area contributed by atoms with Gasteiger partial charge in [-0.25, -0.2) is 4.99 Å². The van der Waals surface area contributed by atoms with Crippen molar-refractivity contribution < 1.29 is 4.74 Å². The molecule has 0 aliphatic carbocycles. The van der Waals surface area contributed by atoms with Crippen LogP contribution in [0.2, 0.25) is 0 Å². The lowest BCUT2D eigenvalue weighted by atomic mass is 10.1. The maximum absolute atomic E-state index is 5.46. The lowest BCUT2D eigenvalue weighted by molar-refractivity contribution is 0.231. The summed E-state index contributed by atoms with van der Waals surface area (Å²) in [7, 11) is 1.71. The Morgan fingerprint density at radius 2 is 1.88 bits per heavy atom. The smallest absolute Gasteiger partial charge is 0.191 e. The summed E-state index contributed by atoms with van der Waals surface area (Å²) in [4.78, 5) is 7.13. The van der Waals surface area contributed by atoms with E-state index in [1.165, 1.54) is 5.56 Å². The van der Waals surface area contributed by atoms with Crippen molar-refractivity contribution in [2.75, 3.05) is 33.3 Å². The minimum Gasteiger partial charge on any atom is -0.496 e. The van der Waals surface area contributed by atoms with Crippen molar-refractivity contribution in [2.24, 2.45) is 4.99 Å². The summed E-state index contributed by atoms with van der Waals surface area (Å²) in [6.07, 6.45) is 0. The van der Waals surface area contributed by atoms with Gasteiger partial charge in [0.25, 0.3) is 0 Å². The van der Waals surface area contributed by atoms with Crippen LogP contribution >= 0.6 is 24.0 Å². The lowest BCUT2D eigenvalue weighted by Gasteiger charge is -2.27. The molecular weight excluding hydrogens is 427 g/mol. The number of nitrogens with zero attached hydrogens (tertiary/aromatic N) is 2. The topological polar surface area (TPSA) is 48.9 Å². The van der Waals surface area contributed by atoms with E-state index in [-0.39, 0.29) is 24.0 Å². The number of guanidine groups is 1. The molecule has 144 valence electrons. The van der Waals surface area contributed by atoms with Crippen LogP contribution in [0, 0.1) is 6.92 Å². The summed E-state index contributed by atoms with van der Waals surface area (Å²) >= 11 is 0. The van der Waals surface area contributed by atoms with Gasteiger partial charge in [-0.3, -0.25) is 4.90 Å². The third-order valence-electron chi connectivity index (χ3n) is 4.19. The molecule has 1 atom stereocenters. The first-order valence-electron chi connectivity index (χ1n) is 8.95. The minimum absolute atomic E-state index is 0. The predicted octanol–water partition coefficient (Wildman–Crippen LogP) is 3.41. The quantitative estimate of drug-likeness (QED) is 0.336. The molecule has 1 rings (SSSR count). The standard InChI is InChI=1S/C19H34N4O.HI/c1-7-20-19(21-13-16(5)23(8-2)9-3)22-14-17-11-10-15(4)12-18(17)24-6;/h10-12,16H,7-9,13-14H2,1-6H3,(H2,20,21,22);1H. The molecule has 0 bridgehead atoms. The Morgan fingerprint density at radius 1 is 1.20 bits per heavy atom. The maximum atomic E-state index is 5.46. The van der Waals surface area contributed by atoms with Crippen LogP contribution in [0.15, 0.2) is 23.2 Å². The van der Waals surface area contributed by atoms with Crippen molar-refractivity contribution in [3.05, 3.63) is 29.3 Å². The molecule has 0 radical (unpaired) electrons. The van der Waals surface area contributed by atoms with Crippen LogP contribution in [0.25, 0.3) is 0 Å². The number of ether oxygens (including phenoxy) is 1. The molecule has 0 amide bonds. The number of aliphatic imine (C=N–C) groups is 1. The number of nitrogens with one attached hydrogen (secondary N) is 2. The van der Waals surface area contributed by atoms with Gasteiger partial charge >= 0.3 is 0 Å². The highest BCUT2D eigenvalue weighted by atomic mass is 127. The molecule has 0 aliphatic rings. The highest BCUT2D eigenvalue weighted by Gasteiger charge is 2.10. The Bertz CT molecular complexity index is 518. The minimum atomic E-state index is 0. The second-order valence-electron chi connectivity index (χ2n) is 5.96. The maximum Gasteiger partial charge on any atom is 0.191 e. The molecule has 25 heavy (non-hydrogen) atoms. The van der Waals surface area contributed by atoms with E-state index in [0.717, 1.165) is 43.5 Å². The highest BCUT2D eigenvalue weighted by Crippen LogP contribution is 2.20. The van der Waals surface area contributed by atoms with Crippen molar-refractivity contribution >= 4 is 29.9 Å². The molecule has 1 aromatic carbocycles. The molecule has 0 aliphatic heterocycles. The molecule has 0 saturated carbocycles. The van der Waals surface area contributed by atoms with Gasteiger partial charge < -0.3 is 15.4 Å². The van der Waals surface area contributed by atoms with Gasteiger partial charge in [0, 0.05) is 24.7 Å². The Hall–Kier alpha value is -1.02. The lowest BCUT2D eigenvalue weighted by Crippen LogP contribution is -2.45. The molecule has 5 nitrogen and oxygen atoms in total. The predicted molar refractivity (Wildman–Crippen MR) is 118 cm³/mol. The molecule has 0 aromatic heterocycles. The molecule has 0 spiro atoms. The van der Waals surface area contributed by atoms with Crippen molar-refractivity contribution in [3.8, 4) is 5.75 Å². The fourth-order valence-corrected chi connectivity index (χ4v) is 2.71. The van der Waals surface area contributed by atoms with Crippen LogP contribution in [-0.2, 0) is 6.54 Å². The first-order valence-corrected chi connectivity index (χ1v) is 8.95. The van der Waals surface area contributed by atoms with Gasteiger partial charge in [0.2, 0.25) is 0 Å². The zero-order chi connectivity index (χ0) is 17.9. The van der Waals surface area contributed by atoms with Crippen LogP contribution in [0.3, 0.4) is 0 Å². The van der Waals surface area contributed by atoms with E-state index in [0.29, 0.717) is 12.6 Å². The first kappa shape index (κ1) is 24.0. The largest absolute Gasteiger partial charge is 0.496 e. The molecule has 1 aromatic rings. The van der Waals surface area contributed by atoms with Crippen LogP contribution in [0.5, 0.6) is 5.75 Å². The molecule has 0 saturated heterocycles. The normalized spacial score (nSPS) is 12.5. The Morgan fingerprint density at radius 3 is 2.44 bits per heavy atom. The average molecular weight is 462 g/mol. The van der Waals surface area contributed by atoms with E-state index in [9.17, 15) is 0 Å². The van der Waals surface area contributed by atoms with Gasteiger partial charge in [-0.1, -0.05) is 26.0 Å². The number of hydrogen-bond acceptors (Lipinski definition) is 3. The number of likely N-dealkylation sites (N-methyl/N-ethyl adjacent to an activating group) is 1. The van der Waals surface area contributed by atoms with E-state index < -0.39 is 0 Å². The monoisotopic (exact) mass is 462 g/mol. The average Bonchev–Trinajstić information content (AvgIpc) is 2.59. The molecule has 6 heteroatoms. The summed E-state index contributed by atoms with van der Waals surface area (Å²) in [6, 6.07) is 6.70. The van der Waals surface area contributed by atoms with Gasteiger partial charge in [0.15, 0.2) is 5.96 Å². The highest BCUT2D eigenvalue weighted by molar-refractivity contribution is 14.0. The molecule has 0 heterocycles. The fraction of sp³-hybridized carbons (Fsp3) is 0.632.